The number of nitrogens with two attached hydrogens (primary N) is 1. The first-order valence-corrected chi connectivity index (χ1v) is 6.61. The molecular weight excluding hydrogens is 274 g/mol. The molecule has 1 aromatic carbocycles. The summed E-state index contributed by atoms with van der Waals surface area (Å²) in [4.78, 5) is 0. The van der Waals surface area contributed by atoms with E-state index in [1.807, 2.05) is 0 Å². The van der Waals surface area contributed by atoms with Gasteiger partial charge in [0.2, 0.25) is 0 Å². The van der Waals surface area contributed by atoms with E-state index in [9.17, 15) is 17.6 Å². The lowest BCUT2D eigenvalue weighted by atomic mass is 9.92. The molecule has 0 radical (unpaired) electrons. The number of alkyl halides is 4. The van der Waals surface area contributed by atoms with Crippen LogP contribution in [0.5, 0.6) is 5.75 Å². The fourth-order valence-corrected chi connectivity index (χ4v) is 2.61. The molecule has 0 unspecified atom stereocenters. The SMILES string of the molecule is N[C@@H](c1ccccc1OC(F)(F)C(F)F)C1CCCC1. The van der Waals surface area contributed by atoms with Gasteiger partial charge in [0.1, 0.15) is 5.75 Å². The second-order valence-corrected chi connectivity index (χ2v) is 5.07. The maximum Gasteiger partial charge on any atom is 0.461 e. The molecule has 1 aliphatic carbocycles. The fraction of sp³-hybridized carbons (Fsp3) is 0.571. The van der Waals surface area contributed by atoms with E-state index in [4.69, 9.17) is 5.73 Å². The van der Waals surface area contributed by atoms with Crippen LogP contribution in [0.3, 0.4) is 0 Å². The van der Waals surface area contributed by atoms with E-state index in [-0.39, 0.29) is 11.7 Å². The zero-order valence-corrected chi connectivity index (χ0v) is 10.9. The first kappa shape index (κ1) is 15.1. The zero-order chi connectivity index (χ0) is 14.8. The van der Waals surface area contributed by atoms with Crippen LogP contribution < -0.4 is 10.5 Å². The van der Waals surface area contributed by atoms with Crippen LogP contribution in [0.2, 0.25) is 0 Å². The molecule has 2 rings (SSSR count). The average molecular weight is 291 g/mol. The highest BCUT2D eigenvalue weighted by Gasteiger charge is 2.44. The maximum atomic E-state index is 13.0. The molecule has 0 aromatic heterocycles. The van der Waals surface area contributed by atoms with E-state index in [2.05, 4.69) is 4.74 Å². The Morgan fingerprint density at radius 3 is 2.35 bits per heavy atom. The number of hydrogen-bond acceptors (Lipinski definition) is 2. The minimum absolute atomic E-state index is 0.180. The summed E-state index contributed by atoms with van der Waals surface area (Å²) in [5.74, 6) is -0.0860. The van der Waals surface area contributed by atoms with Crippen molar-refractivity contribution >= 4 is 0 Å². The molecule has 0 amide bonds. The summed E-state index contributed by atoms with van der Waals surface area (Å²) >= 11 is 0. The molecule has 0 aliphatic heterocycles. The van der Waals surface area contributed by atoms with Crippen molar-refractivity contribution in [2.45, 2.75) is 44.3 Å². The van der Waals surface area contributed by atoms with E-state index < -0.39 is 18.6 Å². The second kappa shape index (κ2) is 5.99. The average Bonchev–Trinajstić information content (AvgIpc) is 2.92. The van der Waals surface area contributed by atoms with Crippen LogP contribution in [0, 0.1) is 5.92 Å². The van der Waals surface area contributed by atoms with Crippen LogP contribution >= 0.6 is 0 Å². The van der Waals surface area contributed by atoms with Crippen LogP contribution in [0.25, 0.3) is 0 Å². The number of para-hydroxylation sites is 1. The Morgan fingerprint density at radius 2 is 1.75 bits per heavy atom. The van der Waals surface area contributed by atoms with Gasteiger partial charge in [-0.3, -0.25) is 0 Å². The van der Waals surface area contributed by atoms with Crippen molar-refractivity contribution in [3.8, 4) is 5.75 Å². The molecule has 1 aromatic rings. The number of rotatable bonds is 5. The van der Waals surface area contributed by atoms with E-state index >= 15 is 0 Å². The van der Waals surface area contributed by atoms with Gasteiger partial charge in [-0.25, -0.2) is 0 Å². The summed E-state index contributed by atoms with van der Waals surface area (Å²) in [6.07, 6.45) is -4.45. The molecule has 6 heteroatoms. The van der Waals surface area contributed by atoms with E-state index in [1.54, 1.807) is 12.1 Å². The summed E-state index contributed by atoms with van der Waals surface area (Å²) in [5.41, 5.74) is 6.44. The number of hydrogen-bond donors (Lipinski definition) is 1. The van der Waals surface area contributed by atoms with Crippen molar-refractivity contribution < 1.29 is 22.3 Å². The molecule has 1 saturated carbocycles. The van der Waals surface area contributed by atoms with E-state index in [1.165, 1.54) is 12.1 Å². The first-order valence-electron chi connectivity index (χ1n) is 6.61. The van der Waals surface area contributed by atoms with Gasteiger partial charge in [0.25, 0.3) is 0 Å². The van der Waals surface area contributed by atoms with Gasteiger partial charge in [0.15, 0.2) is 0 Å². The topological polar surface area (TPSA) is 35.2 Å². The fourth-order valence-electron chi connectivity index (χ4n) is 2.61. The van der Waals surface area contributed by atoms with Gasteiger partial charge in [-0.05, 0) is 24.8 Å². The largest absolute Gasteiger partial charge is 0.461 e. The lowest BCUT2D eigenvalue weighted by Crippen LogP contribution is -2.34. The molecule has 2 N–H and O–H groups in total. The zero-order valence-electron chi connectivity index (χ0n) is 10.9. The molecule has 20 heavy (non-hydrogen) atoms. The van der Waals surface area contributed by atoms with Gasteiger partial charge in [-0.15, -0.1) is 0 Å². The minimum Gasteiger partial charge on any atom is -0.428 e. The standard InChI is InChI=1S/C14H17F4NO/c15-13(16)14(17,18)20-11-8-4-3-7-10(11)12(19)9-5-1-2-6-9/h3-4,7-9,12-13H,1-2,5-6,19H2/t12-/m1/s1. The first-order chi connectivity index (χ1) is 9.42. The Morgan fingerprint density at radius 1 is 1.15 bits per heavy atom. The van der Waals surface area contributed by atoms with Crippen molar-refractivity contribution in [2.75, 3.05) is 0 Å². The third kappa shape index (κ3) is 3.23. The Bertz CT molecular complexity index is 447. The van der Waals surface area contributed by atoms with Gasteiger partial charge < -0.3 is 10.5 Å². The van der Waals surface area contributed by atoms with Gasteiger partial charge in [-0.2, -0.15) is 17.6 Å². The minimum atomic E-state index is -4.51. The molecule has 0 spiro atoms. The van der Waals surface area contributed by atoms with Crippen molar-refractivity contribution in [3.63, 3.8) is 0 Å². The quantitative estimate of drug-likeness (QED) is 0.828. The predicted molar refractivity (Wildman–Crippen MR) is 66.9 cm³/mol. The molecule has 0 saturated heterocycles. The van der Waals surface area contributed by atoms with Crippen molar-refractivity contribution in [1.29, 1.82) is 0 Å². The normalized spacial score (nSPS) is 18.5. The highest BCUT2D eigenvalue weighted by molar-refractivity contribution is 5.36. The molecule has 0 bridgehead atoms. The smallest absolute Gasteiger partial charge is 0.428 e. The molecule has 1 fully saturated rings. The second-order valence-electron chi connectivity index (χ2n) is 5.07. The Kier molecular flexibility index (Phi) is 4.52. The van der Waals surface area contributed by atoms with Crippen LogP contribution in [0.4, 0.5) is 17.6 Å². The monoisotopic (exact) mass is 291 g/mol. The summed E-state index contributed by atoms with van der Waals surface area (Å²) in [7, 11) is 0. The van der Waals surface area contributed by atoms with Crippen molar-refractivity contribution in [2.24, 2.45) is 11.7 Å². The van der Waals surface area contributed by atoms with Crippen molar-refractivity contribution in [1.82, 2.24) is 0 Å². The summed E-state index contributed by atoms with van der Waals surface area (Å²) in [6.45, 7) is 0. The van der Waals surface area contributed by atoms with E-state index in [0.717, 1.165) is 25.7 Å². The van der Waals surface area contributed by atoms with Crippen LogP contribution in [0.15, 0.2) is 24.3 Å². The number of ether oxygens (including phenoxy) is 1. The highest BCUT2D eigenvalue weighted by Crippen LogP contribution is 2.39. The Labute approximate surface area is 114 Å². The van der Waals surface area contributed by atoms with Gasteiger partial charge in [-0.1, -0.05) is 31.0 Å². The molecule has 2 nitrogen and oxygen atoms in total. The van der Waals surface area contributed by atoms with Crippen molar-refractivity contribution in [3.05, 3.63) is 29.8 Å². The van der Waals surface area contributed by atoms with Gasteiger partial charge in [0, 0.05) is 11.6 Å². The predicted octanol–water partition coefficient (Wildman–Crippen LogP) is 4.11. The maximum absolute atomic E-state index is 13.0. The van der Waals surface area contributed by atoms with E-state index in [0.29, 0.717) is 5.56 Å². The van der Waals surface area contributed by atoms with Gasteiger partial charge >= 0.3 is 12.5 Å². The molecule has 112 valence electrons. The van der Waals surface area contributed by atoms with Gasteiger partial charge in [0.05, 0.1) is 0 Å². The third-order valence-electron chi connectivity index (χ3n) is 3.69. The number of halogens is 4. The molecule has 1 aliphatic rings. The molecular formula is C14H17F4NO. The third-order valence-corrected chi connectivity index (χ3v) is 3.69. The Hall–Kier alpha value is -1.30. The number of benzene rings is 1. The Balaban J connectivity index is 2.21. The lowest BCUT2D eigenvalue weighted by molar-refractivity contribution is -0.253. The molecule has 1 atom stereocenters. The molecule has 0 heterocycles. The summed E-state index contributed by atoms with van der Waals surface area (Å²) in [6, 6.07) is 5.43. The highest BCUT2D eigenvalue weighted by atomic mass is 19.3. The van der Waals surface area contributed by atoms with Crippen LogP contribution in [-0.2, 0) is 0 Å². The van der Waals surface area contributed by atoms with Crippen LogP contribution in [0.1, 0.15) is 37.3 Å². The summed E-state index contributed by atoms with van der Waals surface area (Å²) < 4.78 is 54.7. The lowest BCUT2D eigenvalue weighted by Gasteiger charge is -2.24. The summed E-state index contributed by atoms with van der Waals surface area (Å²) in [5, 5.41) is 0. The van der Waals surface area contributed by atoms with Crippen LogP contribution in [-0.4, -0.2) is 12.5 Å².